The fourth-order valence-corrected chi connectivity index (χ4v) is 11.9. The van der Waals surface area contributed by atoms with E-state index in [4.69, 9.17) is 42.6 Å². The van der Waals surface area contributed by atoms with Crippen LogP contribution in [0.4, 0.5) is 0 Å². The Morgan fingerprint density at radius 3 is 1.16 bits per heavy atom. The van der Waals surface area contributed by atoms with Crippen LogP contribution in [0.5, 0.6) is 0 Å². The first-order valence-electron chi connectivity index (χ1n) is 24.9. The van der Waals surface area contributed by atoms with Gasteiger partial charge in [0.15, 0.2) is 17.3 Å². The fraction of sp³-hybridized carbons (Fsp3) is 0.870. The van der Waals surface area contributed by atoms with Crippen LogP contribution in [0, 0.1) is 37.0 Å². The van der Waals surface area contributed by atoms with Gasteiger partial charge in [-0.25, -0.2) is 0 Å². The van der Waals surface area contributed by atoms with E-state index < -0.39 is 0 Å². The Bertz CT molecular complexity index is 1690. The van der Waals surface area contributed by atoms with Gasteiger partial charge >= 0.3 is 5.97 Å². The number of carbonyl (C=O) groups excluding carboxylic acids is 4. The van der Waals surface area contributed by atoms with E-state index in [1.807, 2.05) is 0 Å². The van der Waals surface area contributed by atoms with Crippen molar-refractivity contribution in [3.05, 3.63) is 19.1 Å². The molecule has 0 amide bonds. The van der Waals surface area contributed by atoms with Crippen molar-refractivity contribution < 1.29 is 87.0 Å². The molecule has 3 spiro atoms. The number of epoxide rings is 6. The van der Waals surface area contributed by atoms with Gasteiger partial charge in [0.1, 0.15) is 51.9 Å². The summed E-state index contributed by atoms with van der Waals surface area (Å²) in [6.45, 7) is 25.4. The molecule has 0 aromatic rings. The third-order valence-electron chi connectivity index (χ3n) is 16.1. The number of Topliss-reactive ketones (excluding diaryl/α,β-unsaturated/α-hetero) is 3. The van der Waals surface area contributed by atoms with Crippen LogP contribution in [-0.4, -0.2) is 141 Å². The van der Waals surface area contributed by atoms with Crippen LogP contribution in [0.25, 0.3) is 0 Å². The Balaban J connectivity index is 0.000000253. The Kier molecular flexibility index (Phi) is 21.7. The van der Waals surface area contributed by atoms with Crippen molar-refractivity contribution in [2.45, 2.75) is 224 Å². The molecule has 3 saturated carbocycles. The zero-order chi connectivity index (χ0) is 48.6. The summed E-state index contributed by atoms with van der Waals surface area (Å²) in [5.74, 6) is 1.89. The van der Waals surface area contributed by atoms with Crippen molar-refractivity contribution >= 4 is 23.3 Å². The minimum Gasteiger partial charge on any atom is -0.466 e. The zero-order valence-corrected chi connectivity index (χ0v) is 45.6. The molecule has 9 aliphatic rings. The van der Waals surface area contributed by atoms with Crippen molar-refractivity contribution in [3.63, 3.8) is 0 Å². The van der Waals surface area contributed by atoms with Crippen LogP contribution in [0.3, 0.4) is 0 Å². The summed E-state index contributed by atoms with van der Waals surface area (Å²) in [6, 6.07) is 0. The molecule has 3 aliphatic carbocycles. The van der Waals surface area contributed by atoms with Crippen LogP contribution in [0.1, 0.15) is 154 Å². The molecular formula is C54H91O14Pd-. The number of rotatable bonds is 15. The topological polar surface area (TPSA) is 180 Å². The van der Waals surface area contributed by atoms with E-state index >= 15 is 0 Å². The molecule has 69 heavy (non-hydrogen) atoms. The summed E-state index contributed by atoms with van der Waals surface area (Å²) in [7, 11) is 4.88. The fourth-order valence-electron chi connectivity index (χ4n) is 11.9. The standard InChI is InChI=1S/2C16H26O4.C16H24O4.C4H8O2.CH4.CH3.Pd/c3*1-10(2)5-6-12-15(3,20-12)14-13(18-4)11(17)7-8-16(14)9-19-16;1-3-6-4(2)5;;;/h2*10,12-14H,5-9H2,1-4H3;5,12-14H,6-9H2,1-4H3;3H2,1-2H3;1H4;1H3;/q;;;;;-1;/t12-,13-,14?,15+,16+;12-,13-,14-,15+,16+;12-,13-,14?,15+,16+;;;;/m111..../s1. The monoisotopic (exact) mass is 1070 g/mol. The second-order valence-corrected chi connectivity index (χ2v) is 22.1. The number of hydrogen-bond acceptors (Lipinski definition) is 14. The predicted octanol–water partition coefficient (Wildman–Crippen LogP) is 8.60. The maximum Gasteiger partial charge on any atom is 0.302 e. The Morgan fingerprint density at radius 1 is 0.623 bits per heavy atom. The van der Waals surface area contributed by atoms with Crippen LogP contribution >= 0.6 is 0 Å². The van der Waals surface area contributed by atoms with Crippen LogP contribution in [-0.2, 0) is 87.0 Å². The molecule has 402 valence electrons. The van der Waals surface area contributed by atoms with E-state index in [1.54, 1.807) is 28.3 Å². The largest absolute Gasteiger partial charge is 0.466 e. The normalized spacial score (nSPS) is 41.4. The number of ketones is 3. The van der Waals surface area contributed by atoms with Crippen molar-refractivity contribution in [2.75, 3.05) is 47.8 Å². The van der Waals surface area contributed by atoms with Crippen molar-refractivity contribution in [3.8, 4) is 0 Å². The third kappa shape index (κ3) is 13.6. The first-order chi connectivity index (χ1) is 31.1. The third-order valence-corrected chi connectivity index (χ3v) is 16.1. The van der Waals surface area contributed by atoms with E-state index in [1.165, 1.54) is 12.5 Å². The number of hydrogen-bond donors (Lipinski definition) is 0. The Morgan fingerprint density at radius 2 is 0.928 bits per heavy atom. The van der Waals surface area contributed by atoms with Crippen LogP contribution in [0.2, 0.25) is 0 Å². The molecule has 0 bridgehead atoms. The molecule has 0 aromatic carbocycles. The Hall–Kier alpha value is -1.48. The molecule has 6 aliphatic heterocycles. The van der Waals surface area contributed by atoms with Crippen molar-refractivity contribution in [2.24, 2.45) is 29.6 Å². The second kappa shape index (κ2) is 24.2. The van der Waals surface area contributed by atoms with E-state index in [9.17, 15) is 19.2 Å². The molecule has 15 heteroatoms. The Labute approximate surface area is 429 Å². The summed E-state index contributed by atoms with van der Waals surface area (Å²) >= 11 is 0. The van der Waals surface area contributed by atoms with Crippen molar-refractivity contribution in [1.82, 2.24) is 0 Å². The summed E-state index contributed by atoms with van der Waals surface area (Å²) < 4.78 is 56.3. The maximum atomic E-state index is 12.2. The molecule has 6 heterocycles. The van der Waals surface area contributed by atoms with Gasteiger partial charge < -0.3 is 54.8 Å². The van der Waals surface area contributed by atoms with Gasteiger partial charge in [-0.2, -0.15) is 0 Å². The molecule has 0 radical (unpaired) electrons. The number of methoxy groups -OCH3 is 3. The smallest absolute Gasteiger partial charge is 0.302 e. The van der Waals surface area contributed by atoms with Gasteiger partial charge in [-0.3, -0.25) is 19.2 Å². The van der Waals surface area contributed by atoms with E-state index in [2.05, 4.69) is 73.1 Å². The molecule has 2 unspecified atom stereocenters. The van der Waals surface area contributed by atoms with Gasteiger partial charge in [-0.05, 0) is 105 Å². The summed E-state index contributed by atoms with van der Waals surface area (Å²) in [4.78, 5) is 46.3. The average molecular weight is 1070 g/mol. The number of esters is 1. The molecule has 9 rings (SSSR count). The van der Waals surface area contributed by atoms with E-state index in [0.29, 0.717) is 37.7 Å². The molecule has 6 saturated heterocycles. The van der Waals surface area contributed by atoms with E-state index in [0.717, 1.165) is 71.2 Å². The quantitative estimate of drug-likeness (QED) is 0.0500. The summed E-state index contributed by atoms with van der Waals surface area (Å²) in [6.07, 6.45) is 11.3. The van der Waals surface area contributed by atoms with Crippen LogP contribution in [0.15, 0.2) is 11.6 Å². The summed E-state index contributed by atoms with van der Waals surface area (Å²) in [5, 5.41) is 0. The number of ether oxygens (including phenoxy) is 10. The van der Waals surface area contributed by atoms with Gasteiger partial charge in [0.25, 0.3) is 0 Å². The predicted molar refractivity (Wildman–Crippen MR) is 259 cm³/mol. The summed E-state index contributed by atoms with van der Waals surface area (Å²) in [5.41, 5.74) is 0.0153. The van der Waals surface area contributed by atoms with E-state index in [-0.39, 0.29) is 147 Å². The SMILES string of the molecule is C.CCOC(C)=O.CO[C@@H]1C(=O)CC[C@]2(CO2)C1[C@@]1(C)O[C@@H]1CC=C(C)C.CO[C@@H]1C(=O)CC[C@]2(CO2)C1[C@@]1(C)O[C@@H]1CCC(C)C.CO[C@@H]1C(=O)CC[C@]2(CO2)[C@H]1[C@@]1(C)O[C@@H]1CCC(C)C.[CH3-].[Pd]. The minimum absolute atomic E-state index is 0. The molecule has 15 atom stereocenters. The van der Waals surface area contributed by atoms with Gasteiger partial charge in [-0.15, -0.1) is 0 Å². The maximum absolute atomic E-state index is 12.2. The molecule has 0 aromatic heterocycles. The number of allylic oxidation sites excluding steroid dienone is 1. The molecule has 9 fully saturated rings. The minimum atomic E-state index is -0.382. The first-order valence-corrected chi connectivity index (χ1v) is 24.9. The van der Waals surface area contributed by atoms with Crippen molar-refractivity contribution in [1.29, 1.82) is 0 Å². The average Bonchev–Trinajstić information content (AvgIpc) is 4.00. The molecular weight excluding hydrogens is 979 g/mol. The van der Waals surface area contributed by atoms with Gasteiger partial charge in [0.05, 0.1) is 62.5 Å². The first kappa shape index (κ1) is 61.8. The second-order valence-electron chi connectivity index (χ2n) is 22.1. The molecule has 0 N–H and O–H groups in total. The van der Waals surface area contributed by atoms with Gasteiger partial charge in [0.2, 0.25) is 0 Å². The zero-order valence-electron chi connectivity index (χ0n) is 44.1. The van der Waals surface area contributed by atoms with Crippen LogP contribution < -0.4 is 0 Å². The van der Waals surface area contributed by atoms with Gasteiger partial charge in [-0.1, -0.05) is 46.8 Å². The van der Waals surface area contributed by atoms with Gasteiger partial charge in [0, 0.05) is 67.9 Å². The number of carbonyl (C=O) groups is 4. The molecule has 14 nitrogen and oxygen atoms in total.